The van der Waals surface area contributed by atoms with Crippen LogP contribution < -0.4 is 20.2 Å². The summed E-state index contributed by atoms with van der Waals surface area (Å²) < 4.78 is 23.1. The van der Waals surface area contributed by atoms with Crippen LogP contribution in [0.15, 0.2) is 47.6 Å². The molecule has 0 heterocycles. The van der Waals surface area contributed by atoms with E-state index in [-0.39, 0.29) is 24.6 Å². The Labute approximate surface area is 156 Å². The van der Waals surface area contributed by atoms with Crippen molar-refractivity contribution >= 4 is 23.7 Å². The van der Waals surface area contributed by atoms with E-state index in [1.807, 2.05) is 0 Å². The van der Waals surface area contributed by atoms with E-state index in [1.54, 1.807) is 18.2 Å². The quantitative estimate of drug-likeness (QED) is 0.550. The molecule has 0 aromatic heterocycles. The van der Waals surface area contributed by atoms with Gasteiger partial charge in [-0.2, -0.15) is 5.10 Å². The number of rotatable bonds is 8. The van der Waals surface area contributed by atoms with E-state index >= 15 is 0 Å². The number of hydrazone groups is 1. The number of amides is 2. The number of halogens is 1. The van der Waals surface area contributed by atoms with Gasteiger partial charge in [0.15, 0.2) is 11.5 Å². The van der Waals surface area contributed by atoms with E-state index < -0.39 is 5.91 Å². The van der Waals surface area contributed by atoms with Crippen molar-refractivity contribution < 1.29 is 23.5 Å². The van der Waals surface area contributed by atoms with Gasteiger partial charge < -0.3 is 14.8 Å². The van der Waals surface area contributed by atoms with Gasteiger partial charge in [0.2, 0.25) is 11.8 Å². The van der Waals surface area contributed by atoms with Crippen LogP contribution in [0.5, 0.6) is 11.5 Å². The van der Waals surface area contributed by atoms with Crippen molar-refractivity contribution in [2.75, 3.05) is 19.5 Å². The van der Waals surface area contributed by atoms with Crippen molar-refractivity contribution in [2.45, 2.75) is 12.8 Å². The molecule has 2 amide bonds. The molecule has 0 spiro atoms. The molecule has 0 bridgehead atoms. The number of carbonyl (C=O) groups excluding carboxylic acids is 2. The second-order valence-electron chi connectivity index (χ2n) is 5.46. The highest BCUT2D eigenvalue weighted by Crippen LogP contribution is 2.26. The zero-order chi connectivity index (χ0) is 19.6. The third kappa shape index (κ3) is 6.43. The molecule has 0 fully saturated rings. The summed E-state index contributed by atoms with van der Waals surface area (Å²) in [5, 5.41) is 6.43. The molecule has 2 aromatic carbocycles. The smallest absolute Gasteiger partial charge is 0.240 e. The predicted octanol–water partition coefficient (Wildman–Crippen LogP) is 2.71. The lowest BCUT2D eigenvalue weighted by molar-refractivity contribution is -0.124. The molecule has 8 heteroatoms. The summed E-state index contributed by atoms with van der Waals surface area (Å²) in [5.74, 6) is -0.00239. The van der Waals surface area contributed by atoms with Gasteiger partial charge in [-0.25, -0.2) is 9.82 Å². The summed E-state index contributed by atoms with van der Waals surface area (Å²) in [4.78, 5) is 23.5. The number of ether oxygens (including phenoxy) is 2. The molecule has 0 aliphatic heterocycles. The highest BCUT2D eigenvalue weighted by Gasteiger charge is 2.07. The molecule has 27 heavy (non-hydrogen) atoms. The Hall–Kier alpha value is -3.42. The number of benzene rings is 2. The molecule has 142 valence electrons. The Bertz CT molecular complexity index is 822. The molecule has 2 rings (SSSR count). The molecular formula is C19H20FN3O4. The number of hydrogen-bond donors (Lipinski definition) is 2. The summed E-state index contributed by atoms with van der Waals surface area (Å²) >= 11 is 0. The maximum atomic E-state index is 12.8. The van der Waals surface area contributed by atoms with Crippen LogP contribution in [0.25, 0.3) is 0 Å². The van der Waals surface area contributed by atoms with Crippen LogP contribution in [0.4, 0.5) is 10.1 Å². The fourth-order valence-corrected chi connectivity index (χ4v) is 2.15. The van der Waals surface area contributed by atoms with Gasteiger partial charge in [0.25, 0.3) is 0 Å². The fraction of sp³-hybridized carbons (Fsp3) is 0.211. The van der Waals surface area contributed by atoms with Crippen LogP contribution in [0, 0.1) is 5.82 Å². The maximum Gasteiger partial charge on any atom is 0.240 e. The molecule has 0 saturated heterocycles. The first kappa shape index (κ1) is 19.9. The van der Waals surface area contributed by atoms with Crippen LogP contribution in [0.3, 0.4) is 0 Å². The largest absolute Gasteiger partial charge is 0.493 e. The van der Waals surface area contributed by atoms with Crippen molar-refractivity contribution in [3.05, 3.63) is 53.8 Å². The molecule has 0 atom stereocenters. The lowest BCUT2D eigenvalue weighted by atomic mass is 10.2. The Morgan fingerprint density at radius 2 is 1.67 bits per heavy atom. The van der Waals surface area contributed by atoms with Gasteiger partial charge in [0.05, 0.1) is 20.4 Å². The Morgan fingerprint density at radius 3 is 2.33 bits per heavy atom. The van der Waals surface area contributed by atoms with Gasteiger partial charge in [-0.1, -0.05) is 0 Å². The molecule has 2 N–H and O–H groups in total. The zero-order valence-electron chi connectivity index (χ0n) is 15.0. The number of hydrogen-bond acceptors (Lipinski definition) is 5. The van der Waals surface area contributed by atoms with Gasteiger partial charge in [-0.05, 0) is 48.0 Å². The Balaban J connectivity index is 1.77. The lowest BCUT2D eigenvalue weighted by Gasteiger charge is -2.07. The van der Waals surface area contributed by atoms with Crippen LogP contribution in [-0.4, -0.2) is 32.2 Å². The molecular weight excluding hydrogens is 353 g/mol. The number of nitrogens with zero attached hydrogens (tertiary/aromatic N) is 1. The lowest BCUT2D eigenvalue weighted by Crippen LogP contribution is -2.20. The second-order valence-corrected chi connectivity index (χ2v) is 5.46. The predicted molar refractivity (Wildman–Crippen MR) is 99.5 cm³/mol. The van der Waals surface area contributed by atoms with E-state index in [2.05, 4.69) is 15.8 Å². The van der Waals surface area contributed by atoms with Gasteiger partial charge in [0, 0.05) is 18.5 Å². The van der Waals surface area contributed by atoms with Crippen molar-refractivity contribution in [1.29, 1.82) is 0 Å². The molecule has 7 nitrogen and oxygen atoms in total. The number of nitrogens with one attached hydrogen (secondary N) is 2. The molecule has 0 aliphatic carbocycles. The van der Waals surface area contributed by atoms with Crippen LogP contribution in [0.1, 0.15) is 18.4 Å². The number of anilines is 1. The molecule has 2 aromatic rings. The average molecular weight is 373 g/mol. The maximum absolute atomic E-state index is 12.8. The summed E-state index contributed by atoms with van der Waals surface area (Å²) in [6, 6.07) is 10.6. The summed E-state index contributed by atoms with van der Waals surface area (Å²) in [5.41, 5.74) is 3.53. The second kappa shape index (κ2) is 9.91. The minimum Gasteiger partial charge on any atom is -0.493 e. The van der Waals surface area contributed by atoms with Crippen LogP contribution >= 0.6 is 0 Å². The van der Waals surface area contributed by atoms with Crippen LogP contribution in [-0.2, 0) is 9.59 Å². The average Bonchev–Trinajstić information content (AvgIpc) is 2.68. The first-order valence-electron chi connectivity index (χ1n) is 8.11. The van der Waals surface area contributed by atoms with Gasteiger partial charge in [-0.15, -0.1) is 0 Å². The molecule has 0 aliphatic rings. The minimum absolute atomic E-state index is 0.0188. The summed E-state index contributed by atoms with van der Waals surface area (Å²) in [7, 11) is 3.07. The fourth-order valence-electron chi connectivity index (χ4n) is 2.15. The van der Waals surface area contributed by atoms with E-state index in [1.165, 1.54) is 44.7 Å². The Morgan fingerprint density at radius 1 is 1.00 bits per heavy atom. The first-order chi connectivity index (χ1) is 13.0. The first-order valence-corrected chi connectivity index (χ1v) is 8.11. The topological polar surface area (TPSA) is 89.0 Å². The third-order valence-corrected chi connectivity index (χ3v) is 3.52. The monoisotopic (exact) mass is 373 g/mol. The molecule has 0 unspecified atom stereocenters. The molecule has 0 radical (unpaired) electrons. The highest BCUT2D eigenvalue weighted by atomic mass is 19.1. The highest BCUT2D eigenvalue weighted by molar-refractivity contribution is 5.93. The SMILES string of the molecule is COc1ccc(C=NNC(=O)CCC(=O)Nc2ccc(F)cc2)cc1OC. The number of methoxy groups -OCH3 is 2. The van der Waals surface area contributed by atoms with E-state index in [4.69, 9.17) is 9.47 Å². The van der Waals surface area contributed by atoms with Crippen molar-refractivity contribution in [3.63, 3.8) is 0 Å². The van der Waals surface area contributed by atoms with E-state index in [0.717, 1.165) is 0 Å². The van der Waals surface area contributed by atoms with Gasteiger partial charge >= 0.3 is 0 Å². The van der Waals surface area contributed by atoms with Crippen LogP contribution in [0.2, 0.25) is 0 Å². The zero-order valence-corrected chi connectivity index (χ0v) is 15.0. The van der Waals surface area contributed by atoms with E-state index in [0.29, 0.717) is 22.7 Å². The Kier molecular flexibility index (Phi) is 7.30. The summed E-state index contributed by atoms with van der Waals surface area (Å²) in [6.45, 7) is 0. The third-order valence-electron chi connectivity index (χ3n) is 3.52. The summed E-state index contributed by atoms with van der Waals surface area (Å²) in [6.07, 6.45) is 1.41. The van der Waals surface area contributed by atoms with E-state index in [9.17, 15) is 14.0 Å². The molecule has 0 saturated carbocycles. The number of carbonyl (C=O) groups is 2. The van der Waals surface area contributed by atoms with Crippen molar-refractivity contribution in [3.8, 4) is 11.5 Å². The van der Waals surface area contributed by atoms with Crippen molar-refractivity contribution in [2.24, 2.45) is 5.10 Å². The minimum atomic E-state index is -0.402. The van der Waals surface area contributed by atoms with Gasteiger partial charge in [0.1, 0.15) is 5.82 Å². The normalized spacial score (nSPS) is 10.5. The van der Waals surface area contributed by atoms with Gasteiger partial charge in [-0.3, -0.25) is 9.59 Å². The standard InChI is InChI=1S/C19H20FN3O4/c1-26-16-8-3-13(11-17(16)27-2)12-21-23-19(25)10-9-18(24)22-15-6-4-14(20)5-7-15/h3-8,11-12H,9-10H2,1-2H3,(H,22,24)(H,23,25). The van der Waals surface area contributed by atoms with Crippen molar-refractivity contribution in [1.82, 2.24) is 5.43 Å².